The molecule has 1 rings (SSSR count). The van der Waals surface area contributed by atoms with Crippen molar-refractivity contribution in [1.29, 1.82) is 0 Å². The van der Waals surface area contributed by atoms with Crippen LogP contribution in [-0.4, -0.2) is 31.8 Å². The van der Waals surface area contributed by atoms with Gasteiger partial charge >= 0.3 is 5.97 Å². The Morgan fingerprint density at radius 1 is 1.20 bits per heavy atom. The Morgan fingerprint density at radius 2 is 1.95 bits per heavy atom. The fourth-order valence-corrected chi connectivity index (χ4v) is 2.81. The quantitative estimate of drug-likeness (QED) is 0.455. The summed E-state index contributed by atoms with van der Waals surface area (Å²) in [7, 11) is 3.05. The summed E-state index contributed by atoms with van der Waals surface area (Å²) in [6.45, 7) is 0. The van der Waals surface area contributed by atoms with Gasteiger partial charge in [-0.15, -0.1) is 11.8 Å². The Morgan fingerprint density at radius 3 is 2.65 bits per heavy atom. The fourth-order valence-electron chi connectivity index (χ4n) is 1.75. The van der Waals surface area contributed by atoms with Crippen molar-refractivity contribution >= 4 is 23.6 Å². The van der Waals surface area contributed by atoms with Crippen LogP contribution in [0.2, 0.25) is 0 Å². The molecule has 1 amide bonds. The number of unbranched alkanes of at least 4 members (excludes halogenated alkanes) is 2. The molecule has 0 radical (unpaired) electrons. The number of amides is 1. The first-order valence-corrected chi connectivity index (χ1v) is 7.68. The number of ether oxygens (including phenoxy) is 1. The molecule has 0 aromatic heterocycles. The third kappa shape index (κ3) is 5.65. The number of nitrogens with one attached hydrogen (secondary N) is 1. The zero-order valence-corrected chi connectivity index (χ0v) is 12.8. The minimum absolute atomic E-state index is 0.0567. The Kier molecular flexibility index (Phi) is 7.80. The van der Waals surface area contributed by atoms with Gasteiger partial charge in [-0.25, -0.2) is 0 Å². The second-order valence-corrected chi connectivity index (χ2v) is 5.45. The zero-order chi connectivity index (χ0) is 14.8. The van der Waals surface area contributed by atoms with E-state index in [0.29, 0.717) is 6.42 Å². The maximum Gasteiger partial charge on any atom is 0.305 e. The van der Waals surface area contributed by atoms with E-state index in [2.05, 4.69) is 10.1 Å². The smallest absolute Gasteiger partial charge is 0.305 e. The van der Waals surface area contributed by atoms with Crippen molar-refractivity contribution in [3.05, 3.63) is 29.8 Å². The van der Waals surface area contributed by atoms with Crippen LogP contribution in [0.25, 0.3) is 0 Å². The monoisotopic (exact) mass is 295 g/mol. The number of carbonyl (C=O) groups excluding carboxylic acids is 2. The number of hydrogen-bond donors (Lipinski definition) is 1. The van der Waals surface area contributed by atoms with Crippen molar-refractivity contribution in [3.8, 4) is 0 Å². The number of thioether (sulfide) groups is 1. The highest BCUT2D eigenvalue weighted by Gasteiger charge is 2.09. The molecule has 0 saturated carbocycles. The van der Waals surface area contributed by atoms with E-state index in [4.69, 9.17) is 0 Å². The predicted molar refractivity (Wildman–Crippen MR) is 81.0 cm³/mol. The van der Waals surface area contributed by atoms with Crippen LogP contribution in [0.3, 0.4) is 0 Å². The normalized spacial score (nSPS) is 10.1. The summed E-state index contributed by atoms with van der Waals surface area (Å²) in [6, 6.07) is 7.60. The van der Waals surface area contributed by atoms with Crippen molar-refractivity contribution in [2.75, 3.05) is 19.9 Å². The summed E-state index contributed by atoms with van der Waals surface area (Å²) in [5.74, 6) is 0.733. The summed E-state index contributed by atoms with van der Waals surface area (Å²) in [4.78, 5) is 23.6. The predicted octanol–water partition coefficient (Wildman–Crippen LogP) is 2.87. The molecule has 0 bridgehead atoms. The van der Waals surface area contributed by atoms with Crippen LogP contribution < -0.4 is 5.32 Å². The lowest BCUT2D eigenvalue weighted by Gasteiger charge is -2.07. The standard InChI is InChI=1S/C15H21NO3S/c1-16-15(18)12-8-5-6-9-13(12)20-11-7-3-4-10-14(17)19-2/h5-6,8-9H,3-4,7,10-11H2,1-2H3,(H,16,18). The Balaban J connectivity index is 2.32. The van der Waals surface area contributed by atoms with Gasteiger partial charge in [0.05, 0.1) is 12.7 Å². The van der Waals surface area contributed by atoms with Crippen molar-refractivity contribution in [3.63, 3.8) is 0 Å². The minimum Gasteiger partial charge on any atom is -0.469 e. The molecule has 110 valence electrons. The Bertz CT molecular complexity index is 448. The summed E-state index contributed by atoms with van der Waals surface area (Å²) in [6.07, 6.45) is 3.34. The van der Waals surface area contributed by atoms with Crippen LogP contribution in [0.4, 0.5) is 0 Å². The first-order chi connectivity index (χ1) is 9.69. The third-order valence-electron chi connectivity index (χ3n) is 2.87. The van der Waals surface area contributed by atoms with Gasteiger partial charge in [0.2, 0.25) is 0 Å². The minimum atomic E-state index is -0.150. The van der Waals surface area contributed by atoms with E-state index in [1.165, 1.54) is 7.11 Å². The van der Waals surface area contributed by atoms with Crippen molar-refractivity contribution in [2.24, 2.45) is 0 Å². The molecular formula is C15H21NO3S. The van der Waals surface area contributed by atoms with Crippen molar-refractivity contribution in [1.82, 2.24) is 5.32 Å². The molecule has 0 saturated heterocycles. The molecule has 0 aliphatic rings. The largest absolute Gasteiger partial charge is 0.469 e. The van der Waals surface area contributed by atoms with E-state index in [9.17, 15) is 9.59 Å². The van der Waals surface area contributed by atoms with Gasteiger partial charge in [-0.05, 0) is 30.7 Å². The second-order valence-electron chi connectivity index (χ2n) is 4.31. The molecule has 1 N–H and O–H groups in total. The summed E-state index contributed by atoms with van der Waals surface area (Å²) < 4.78 is 4.59. The highest BCUT2D eigenvalue weighted by atomic mass is 32.2. The Labute approximate surface area is 124 Å². The summed E-state index contributed by atoms with van der Waals surface area (Å²) in [5, 5.41) is 2.65. The Hall–Kier alpha value is -1.49. The van der Waals surface area contributed by atoms with Gasteiger partial charge in [0.1, 0.15) is 0 Å². The van der Waals surface area contributed by atoms with Crippen LogP contribution in [0.1, 0.15) is 36.0 Å². The molecule has 0 spiro atoms. The van der Waals surface area contributed by atoms with Crippen molar-refractivity contribution in [2.45, 2.75) is 30.6 Å². The lowest BCUT2D eigenvalue weighted by Crippen LogP contribution is -2.18. The second kappa shape index (κ2) is 9.42. The highest BCUT2D eigenvalue weighted by molar-refractivity contribution is 7.99. The van der Waals surface area contributed by atoms with E-state index in [1.807, 2.05) is 24.3 Å². The lowest BCUT2D eigenvalue weighted by atomic mass is 10.2. The van der Waals surface area contributed by atoms with Gasteiger partial charge in [-0.1, -0.05) is 18.6 Å². The molecule has 4 nitrogen and oxygen atoms in total. The molecule has 20 heavy (non-hydrogen) atoms. The first kappa shape index (κ1) is 16.6. The highest BCUT2D eigenvalue weighted by Crippen LogP contribution is 2.24. The molecule has 5 heteroatoms. The van der Waals surface area contributed by atoms with E-state index >= 15 is 0 Å². The molecule has 1 aromatic carbocycles. The van der Waals surface area contributed by atoms with Gasteiger partial charge in [-0.2, -0.15) is 0 Å². The van der Waals surface area contributed by atoms with E-state index < -0.39 is 0 Å². The first-order valence-electron chi connectivity index (χ1n) is 6.69. The molecule has 0 aliphatic carbocycles. The van der Waals surface area contributed by atoms with Gasteiger partial charge in [0.25, 0.3) is 5.91 Å². The SMILES string of the molecule is CNC(=O)c1ccccc1SCCCCCC(=O)OC. The summed E-state index contributed by atoms with van der Waals surface area (Å²) in [5.41, 5.74) is 0.717. The number of rotatable bonds is 8. The van der Waals surface area contributed by atoms with Crippen LogP contribution in [0, 0.1) is 0 Å². The molecule has 1 aromatic rings. The van der Waals surface area contributed by atoms with Crippen LogP contribution in [0.5, 0.6) is 0 Å². The van der Waals surface area contributed by atoms with E-state index in [1.54, 1.807) is 18.8 Å². The number of benzene rings is 1. The average Bonchev–Trinajstić information content (AvgIpc) is 2.50. The maximum atomic E-state index is 11.7. The van der Waals surface area contributed by atoms with Crippen molar-refractivity contribution < 1.29 is 14.3 Å². The molecular weight excluding hydrogens is 274 g/mol. The van der Waals surface area contributed by atoms with E-state index in [0.717, 1.165) is 35.5 Å². The van der Waals surface area contributed by atoms with Crippen LogP contribution in [0.15, 0.2) is 29.2 Å². The molecule has 0 fully saturated rings. The van der Waals surface area contributed by atoms with E-state index in [-0.39, 0.29) is 11.9 Å². The van der Waals surface area contributed by atoms with Gasteiger partial charge in [0.15, 0.2) is 0 Å². The molecule has 0 atom stereocenters. The number of carbonyl (C=O) groups is 2. The number of methoxy groups -OCH3 is 1. The van der Waals surface area contributed by atoms with Crippen LogP contribution >= 0.6 is 11.8 Å². The third-order valence-corrected chi connectivity index (χ3v) is 4.03. The fraction of sp³-hybridized carbons (Fsp3) is 0.467. The topological polar surface area (TPSA) is 55.4 Å². The molecule has 0 unspecified atom stereocenters. The maximum absolute atomic E-state index is 11.7. The zero-order valence-electron chi connectivity index (χ0n) is 12.0. The molecule has 0 heterocycles. The van der Waals surface area contributed by atoms with Crippen LogP contribution in [-0.2, 0) is 9.53 Å². The lowest BCUT2D eigenvalue weighted by molar-refractivity contribution is -0.140. The molecule has 0 aliphatic heterocycles. The summed E-state index contributed by atoms with van der Waals surface area (Å²) >= 11 is 1.68. The van der Waals surface area contributed by atoms with Gasteiger partial charge in [-0.3, -0.25) is 9.59 Å². The van der Waals surface area contributed by atoms with Gasteiger partial charge < -0.3 is 10.1 Å². The number of esters is 1. The number of hydrogen-bond acceptors (Lipinski definition) is 4. The average molecular weight is 295 g/mol. The van der Waals surface area contributed by atoms with Gasteiger partial charge in [0, 0.05) is 18.4 Å².